The topological polar surface area (TPSA) is 66.8 Å². The maximum Gasteiger partial charge on any atom is 0.300 e. The van der Waals surface area contributed by atoms with E-state index in [0.717, 1.165) is 21.2 Å². The van der Waals surface area contributed by atoms with Crippen LogP contribution in [-0.2, 0) is 9.59 Å². The van der Waals surface area contributed by atoms with Crippen molar-refractivity contribution in [1.29, 1.82) is 0 Å². The second kappa shape index (κ2) is 9.70. The summed E-state index contributed by atoms with van der Waals surface area (Å²) in [6, 6.07) is 17.5. The average Bonchev–Trinajstić information content (AvgIpc) is 3.07. The largest absolute Gasteiger partial charge is 0.507 e. The van der Waals surface area contributed by atoms with E-state index in [9.17, 15) is 14.7 Å². The summed E-state index contributed by atoms with van der Waals surface area (Å²) in [5.74, 6) is -0.974. The summed E-state index contributed by atoms with van der Waals surface area (Å²) in [4.78, 5) is 28.3. The molecule has 0 aromatic heterocycles. The van der Waals surface area contributed by atoms with Gasteiger partial charge in [0.1, 0.15) is 11.5 Å². The number of aliphatic hydroxyl groups excluding tert-OH is 1. The Bertz CT molecular complexity index is 1360. The minimum Gasteiger partial charge on any atom is -0.507 e. The molecule has 0 spiro atoms. The highest BCUT2D eigenvalue weighted by Crippen LogP contribution is 2.43. The predicted octanol–water partition coefficient (Wildman–Crippen LogP) is 6.79. The summed E-state index contributed by atoms with van der Waals surface area (Å²) >= 11 is 3.47. The van der Waals surface area contributed by atoms with Crippen molar-refractivity contribution < 1.29 is 19.4 Å². The zero-order valence-electron chi connectivity index (χ0n) is 20.4. The number of nitrogens with zero attached hydrogens (tertiary/aromatic N) is 1. The molecule has 4 rings (SSSR count). The van der Waals surface area contributed by atoms with Gasteiger partial charge in [-0.2, -0.15) is 0 Å². The van der Waals surface area contributed by atoms with Gasteiger partial charge in [0.05, 0.1) is 17.7 Å². The van der Waals surface area contributed by atoms with E-state index < -0.39 is 17.7 Å². The number of Topliss-reactive ketones (excluding diaryl/α,β-unsaturated/α-hetero) is 1. The number of aryl methyl sites for hydroxylation is 3. The molecule has 1 saturated heterocycles. The molecule has 6 heteroatoms. The van der Waals surface area contributed by atoms with Crippen molar-refractivity contribution in [1.82, 2.24) is 0 Å². The first-order valence-electron chi connectivity index (χ1n) is 11.5. The van der Waals surface area contributed by atoms with Crippen LogP contribution in [0.1, 0.15) is 47.7 Å². The van der Waals surface area contributed by atoms with Crippen molar-refractivity contribution in [2.24, 2.45) is 0 Å². The molecule has 0 bridgehead atoms. The van der Waals surface area contributed by atoms with Crippen LogP contribution >= 0.6 is 15.9 Å². The fourth-order valence-electron chi connectivity index (χ4n) is 4.27. The fraction of sp³-hybridized carbons (Fsp3) is 0.241. The lowest BCUT2D eigenvalue weighted by Crippen LogP contribution is -2.29. The summed E-state index contributed by atoms with van der Waals surface area (Å²) in [5.41, 5.74) is 4.79. The van der Waals surface area contributed by atoms with Gasteiger partial charge >= 0.3 is 0 Å². The molecule has 1 unspecified atom stereocenters. The van der Waals surface area contributed by atoms with Gasteiger partial charge in [-0.1, -0.05) is 40.2 Å². The van der Waals surface area contributed by atoms with E-state index in [4.69, 9.17) is 4.74 Å². The lowest BCUT2D eigenvalue weighted by Gasteiger charge is -2.26. The van der Waals surface area contributed by atoms with E-state index in [1.165, 1.54) is 4.90 Å². The van der Waals surface area contributed by atoms with Crippen molar-refractivity contribution in [2.45, 2.75) is 46.8 Å². The van der Waals surface area contributed by atoms with E-state index in [1.54, 1.807) is 12.1 Å². The van der Waals surface area contributed by atoms with Gasteiger partial charge in [-0.15, -0.1) is 0 Å². The summed E-state index contributed by atoms with van der Waals surface area (Å²) in [6.07, 6.45) is -0.0397. The Morgan fingerprint density at radius 2 is 1.69 bits per heavy atom. The molecule has 3 aromatic rings. The van der Waals surface area contributed by atoms with Crippen molar-refractivity contribution >= 4 is 39.1 Å². The van der Waals surface area contributed by atoms with Crippen LogP contribution in [0, 0.1) is 20.8 Å². The molecule has 180 valence electrons. The predicted molar refractivity (Wildman–Crippen MR) is 142 cm³/mol. The number of aliphatic hydroxyl groups is 1. The Hall–Kier alpha value is -3.38. The van der Waals surface area contributed by atoms with Crippen molar-refractivity contribution in [3.63, 3.8) is 0 Å². The van der Waals surface area contributed by atoms with Gasteiger partial charge in [0.2, 0.25) is 0 Å². The first-order valence-corrected chi connectivity index (χ1v) is 12.3. The molecular weight excluding hydrogens is 506 g/mol. The van der Waals surface area contributed by atoms with Gasteiger partial charge in [-0.05, 0) is 93.3 Å². The number of amides is 1. The van der Waals surface area contributed by atoms with Crippen LogP contribution in [0.2, 0.25) is 0 Å². The second-order valence-corrected chi connectivity index (χ2v) is 10.00. The van der Waals surface area contributed by atoms with Crippen LogP contribution in [-0.4, -0.2) is 22.9 Å². The number of ether oxygens (including phenoxy) is 1. The maximum atomic E-state index is 13.4. The molecule has 1 amide bonds. The Kier molecular flexibility index (Phi) is 6.86. The number of rotatable bonds is 5. The Morgan fingerprint density at radius 1 is 0.943 bits per heavy atom. The van der Waals surface area contributed by atoms with Crippen molar-refractivity contribution in [2.75, 3.05) is 4.90 Å². The zero-order chi connectivity index (χ0) is 25.4. The molecule has 35 heavy (non-hydrogen) atoms. The molecular formula is C29H28BrNO4. The summed E-state index contributed by atoms with van der Waals surface area (Å²) in [7, 11) is 0. The molecule has 0 saturated carbocycles. The first-order chi connectivity index (χ1) is 16.6. The molecule has 1 heterocycles. The molecule has 5 nitrogen and oxygen atoms in total. The molecule has 1 N–H and O–H groups in total. The number of anilines is 1. The molecule has 0 aliphatic carbocycles. The number of hydrogen-bond acceptors (Lipinski definition) is 4. The number of carbonyl (C=O) groups is 2. The molecule has 1 atom stereocenters. The standard InChI is InChI=1S/C29H28BrNO4/c1-16(2)35-23-8-6-7-20(15-23)26-25(27(32)21-10-12-24(30)19(5)13-21)28(33)29(34)31(26)22-11-9-17(3)18(4)14-22/h6-16,26,32H,1-5H3/b27-25+. The van der Waals surface area contributed by atoms with Crippen LogP contribution in [0.5, 0.6) is 5.75 Å². The van der Waals surface area contributed by atoms with Crippen LogP contribution in [0.25, 0.3) is 5.76 Å². The third kappa shape index (κ3) is 4.76. The zero-order valence-corrected chi connectivity index (χ0v) is 22.0. The third-order valence-electron chi connectivity index (χ3n) is 6.19. The van der Waals surface area contributed by atoms with E-state index in [-0.39, 0.29) is 17.4 Å². The van der Waals surface area contributed by atoms with E-state index in [1.807, 2.05) is 83.1 Å². The highest BCUT2D eigenvalue weighted by molar-refractivity contribution is 9.10. The number of carbonyl (C=O) groups excluding carboxylic acids is 2. The second-order valence-electron chi connectivity index (χ2n) is 9.14. The van der Waals surface area contributed by atoms with Crippen molar-refractivity contribution in [3.05, 3.63) is 98.5 Å². The number of ketones is 1. The van der Waals surface area contributed by atoms with Gasteiger partial charge in [0.15, 0.2) is 0 Å². The Labute approximate surface area is 214 Å². The highest BCUT2D eigenvalue weighted by Gasteiger charge is 2.47. The van der Waals surface area contributed by atoms with E-state index in [2.05, 4.69) is 15.9 Å². The van der Waals surface area contributed by atoms with Gasteiger partial charge < -0.3 is 9.84 Å². The first kappa shape index (κ1) is 24.7. The summed E-state index contributed by atoms with van der Waals surface area (Å²) in [6.45, 7) is 9.73. The highest BCUT2D eigenvalue weighted by atomic mass is 79.9. The van der Waals surface area contributed by atoms with Gasteiger partial charge in [0.25, 0.3) is 11.7 Å². The number of hydrogen-bond donors (Lipinski definition) is 1. The normalized spacial score (nSPS) is 17.3. The lowest BCUT2D eigenvalue weighted by molar-refractivity contribution is -0.132. The lowest BCUT2D eigenvalue weighted by atomic mass is 9.94. The maximum absolute atomic E-state index is 13.4. The molecule has 0 radical (unpaired) electrons. The monoisotopic (exact) mass is 533 g/mol. The minimum absolute atomic E-state index is 0.0397. The van der Waals surface area contributed by atoms with Crippen LogP contribution in [0.15, 0.2) is 70.7 Å². The quantitative estimate of drug-likeness (QED) is 0.223. The van der Waals surface area contributed by atoms with Gasteiger partial charge in [-0.3, -0.25) is 14.5 Å². The van der Waals surface area contributed by atoms with E-state index in [0.29, 0.717) is 22.6 Å². The number of benzene rings is 3. The van der Waals surface area contributed by atoms with Gasteiger partial charge in [-0.25, -0.2) is 0 Å². The number of halogens is 1. The molecule has 1 aliphatic heterocycles. The molecule has 1 aliphatic rings. The Morgan fingerprint density at radius 3 is 2.34 bits per heavy atom. The van der Waals surface area contributed by atoms with Crippen molar-refractivity contribution in [3.8, 4) is 5.75 Å². The van der Waals surface area contributed by atoms with E-state index >= 15 is 0 Å². The third-order valence-corrected chi connectivity index (χ3v) is 7.08. The molecule has 1 fully saturated rings. The SMILES string of the molecule is Cc1ccc(N2C(=O)C(=O)/C(=C(/O)c3ccc(Br)c(C)c3)C2c2cccc(OC(C)C)c2)cc1C. The van der Waals surface area contributed by atoms with Gasteiger partial charge in [0, 0.05) is 15.7 Å². The molecule has 3 aromatic carbocycles. The fourth-order valence-corrected chi connectivity index (χ4v) is 4.51. The smallest absolute Gasteiger partial charge is 0.300 e. The van der Waals surface area contributed by atoms with Crippen LogP contribution < -0.4 is 9.64 Å². The van der Waals surface area contributed by atoms with Crippen LogP contribution in [0.4, 0.5) is 5.69 Å². The summed E-state index contributed by atoms with van der Waals surface area (Å²) < 4.78 is 6.77. The minimum atomic E-state index is -0.809. The average molecular weight is 534 g/mol. The van der Waals surface area contributed by atoms with Crippen LogP contribution in [0.3, 0.4) is 0 Å². The Balaban J connectivity index is 1.95. The summed E-state index contributed by atoms with van der Waals surface area (Å²) in [5, 5.41) is 11.4.